The molecule has 2 nitrogen and oxygen atoms in total. The van der Waals surface area contributed by atoms with Crippen molar-refractivity contribution < 1.29 is 9.18 Å². The van der Waals surface area contributed by atoms with Crippen LogP contribution in [0.15, 0.2) is 30.3 Å². The van der Waals surface area contributed by atoms with E-state index in [4.69, 9.17) is 23.2 Å². The summed E-state index contributed by atoms with van der Waals surface area (Å²) in [6.07, 6.45) is 0.425. The van der Waals surface area contributed by atoms with Crippen molar-refractivity contribution in [3.8, 4) is 0 Å². The fourth-order valence-electron chi connectivity index (χ4n) is 1.60. The first-order chi connectivity index (χ1) is 9.08. The minimum atomic E-state index is -0.301. The lowest BCUT2D eigenvalue weighted by atomic mass is 10.1. The molecule has 0 spiro atoms. The maximum absolute atomic E-state index is 13.4. The van der Waals surface area contributed by atoms with Crippen LogP contribution in [0, 0.1) is 5.82 Å². The summed E-state index contributed by atoms with van der Waals surface area (Å²) in [7, 11) is 0. The van der Waals surface area contributed by atoms with Gasteiger partial charge in [0.05, 0.1) is 9.90 Å². The number of carbonyl (C=O) groups is 1. The molecule has 0 unspecified atom stereocenters. The SMILES string of the molecule is O=C(NCCc1ccccc1F)c1cc(Cl)sc1Cl. The van der Waals surface area contributed by atoms with Gasteiger partial charge in [0.2, 0.25) is 0 Å². The minimum absolute atomic E-state index is 0.270. The van der Waals surface area contributed by atoms with Crippen molar-refractivity contribution in [1.82, 2.24) is 5.32 Å². The van der Waals surface area contributed by atoms with E-state index in [0.29, 0.717) is 32.8 Å². The van der Waals surface area contributed by atoms with E-state index in [1.807, 2.05) is 0 Å². The number of hydrogen-bond donors (Lipinski definition) is 1. The van der Waals surface area contributed by atoms with Crippen molar-refractivity contribution in [3.05, 3.63) is 55.9 Å². The molecule has 1 amide bonds. The van der Waals surface area contributed by atoms with E-state index < -0.39 is 0 Å². The fraction of sp³-hybridized carbons (Fsp3) is 0.154. The second kappa shape index (κ2) is 6.37. The molecule has 0 saturated heterocycles. The van der Waals surface area contributed by atoms with Crippen molar-refractivity contribution in [2.45, 2.75) is 6.42 Å². The van der Waals surface area contributed by atoms with E-state index in [1.165, 1.54) is 12.1 Å². The minimum Gasteiger partial charge on any atom is -0.352 e. The molecule has 1 aromatic heterocycles. The van der Waals surface area contributed by atoms with Crippen LogP contribution in [0.1, 0.15) is 15.9 Å². The van der Waals surface area contributed by atoms with Gasteiger partial charge in [-0.1, -0.05) is 41.4 Å². The van der Waals surface area contributed by atoms with Crippen molar-refractivity contribution in [2.75, 3.05) is 6.54 Å². The number of carbonyl (C=O) groups excluding carboxylic acids is 1. The Hall–Kier alpha value is -1.10. The maximum atomic E-state index is 13.4. The van der Waals surface area contributed by atoms with Crippen LogP contribution in [-0.4, -0.2) is 12.5 Å². The third kappa shape index (κ3) is 3.69. The Balaban J connectivity index is 1.91. The van der Waals surface area contributed by atoms with Crippen LogP contribution in [0.4, 0.5) is 4.39 Å². The third-order valence-electron chi connectivity index (χ3n) is 2.54. The number of hydrogen-bond acceptors (Lipinski definition) is 2. The normalized spacial score (nSPS) is 10.5. The molecule has 0 aliphatic rings. The van der Waals surface area contributed by atoms with Gasteiger partial charge in [-0.25, -0.2) is 4.39 Å². The summed E-state index contributed by atoms with van der Waals surface area (Å²) in [5, 5.41) is 2.69. The first kappa shape index (κ1) is 14.3. The lowest BCUT2D eigenvalue weighted by Gasteiger charge is -2.05. The van der Waals surface area contributed by atoms with Gasteiger partial charge in [0.15, 0.2) is 0 Å². The van der Waals surface area contributed by atoms with Gasteiger partial charge < -0.3 is 5.32 Å². The highest BCUT2D eigenvalue weighted by Crippen LogP contribution is 2.30. The van der Waals surface area contributed by atoms with Crippen LogP contribution >= 0.6 is 34.5 Å². The Morgan fingerprint density at radius 1 is 1.32 bits per heavy atom. The van der Waals surface area contributed by atoms with Crippen LogP contribution in [0.5, 0.6) is 0 Å². The number of halogens is 3. The van der Waals surface area contributed by atoms with Crippen molar-refractivity contribution in [1.29, 1.82) is 0 Å². The number of amides is 1. The van der Waals surface area contributed by atoms with Gasteiger partial charge in [-0.2, -0.15) is 0 Å². The van der Waals surface area contributed by atoms with Crippen LogP contribution in [-0.2, 0) is 6.42 Å². The predicted molar refractivity (Wildman–Crippen MR) is 76.8 cm³/mol. The molecule has 0 aliphatic carbocycles. The fourth-order valence-corrected chi connectivity index (χ4v) is 3.06. The Labute approximate surface area is 124 Å². The molecule has 6 heteroatoms. The van der Waals surface area contributed by atoms with Gasteiger partial charge in [-0.3, -0.25) is 4.79 Å². The molecule has 0 bridgehead atoms. The van der Waals surface area contributed by atoms with Gasteiger partial charge in [-0.05, 0) is 24.1 Å². The van der Waals surface area contributed by atoms with Crippen molar-refractivity contribution >= 4 is 40.4 Å². The van der Waals surface area contributed by atoms with E-state index in [2.05, 4.69) is 5.32 Å². The summed E-state index contributed by atoms with van der Waals surface area (Å²) in [6.45, 7) is 0.337. The summed E-state index contributed by atoms with van der Waals surface area (Å²) in [4.78, 5) is 11.8. The maximum Gasteiger partial charge on any atom is 0.253 e. The Morgan fingerprint density at radius 2 is 2.05 bits per heavy atom. The van der Waals surface area contributed by atoms with Crippen LogP contribution in [0.3, 0.4) is 0 Å². The molecule has 0 aliphatic heterocycles. The van der Waals surface area contributed by atoms with E-state index in [0.717, 1.165) is 11.3 Å². The van der Waals surface area contributed by atoms with E-state index in [9.17, 15) is 9.18 Å². The number of thiophene rings is 1. The summed E-state index contributed by atoms with van der Waals surface area (Å²) in [5.41, 5.74) is 0.919. The highest BCUT2D eigenvalue weighted by Gasteiger charge is 2.13. The first-order valence-electron chi connectivity index (χ1n) is 5.54. The largest absolute Gasteiger partial charge is 0.352 e. The number of benzene rings is 1. The molecular weight excluding hydrogens is 308 g/mol. The molecule has 100 valence electrons. The van der Waals surface area contributed by atoms with Crippen LogP contribution < -0.4 is 5.32 Å². The lowest BCUT2D eigenvalue weighted by Crippen LogP contribution is -2.25. The van der Waals surface area contributed by atoms with Crippen LogP contribution in [0.25, 0.3) is 0 Å². The van der Waals surface area contributed by atoms with Gasteiger partial charge in [0, 0.05) is 6.54 Å². The zero-order valence-electron chi connectivity index (χ0n) is 9.75. The van der Waals surface area contributed by atoms with Crippen molar-refractivity contribution in [3.63, 3.8) is 0 Å². The van der Waals surface area contributed by atoms with Gasteiger partial charge in [0.1, 0.15) is 10.2 Å². The smallest absolute Gasteiger partial charge is 0.253 e. The molecule has 19 heavy (non-hydrogen) atoms. The zero-order chi connectivity index (χ0) is 13.8. The van der Waals surface area contributed by atoms with E-state index in [-0.39, 0.29) is 11.7 Å². The molecule has 2 rings (SSSR count). The predicted octanol–water partition coefficient (Wildman–Crippen LogP) is 4.17. The summed E-state index contributed by atoms with van der Waals surface area (Å²) >= 11 is 12.8. The molecule has 0 saturated carbocycles. The van der Waals surface area contributed by atoms with Gasteiger partial charge in [0.25, 0.3) is 5.91 Å². The quantitative estimate of drug-likeness (QED) is 0.901. The second-order valence-electron chi connectivity index (χ2n) is 3.84. The molecule has 1 N–H and O–H groups in total. The van der Waals surface area contributed by atoms with E-state index in [1.54, 1.807) is 18.2 Å². The lowest BCUT2D eigenvalue weighted by molar-refractivity contribution is 0.0954. The Morgan fingerprint density at radius 3 is 2.68 bits per heavy atom. The Bertz CT molecular complexity index is 600. The first-order valence-corrected chi connectivity index (χ1v) is 7.11. The molecule has 0 atom stereocenters. The summed E-state index contributed by atoms with van der Waals surface area (Å²) < 4.78 is 14.2. The highest BCUT2D eigenvalue weighted by atomic mass is 35.5. The Kier molecular flexibility index (Phi) is 4.80. The summed E-state index contributed by atoms with van der Waals surface area (Å²) in [6, 6.07) is 8.00. The molecule has 2 aromatic rings. The highest BCUT2D eigenvalue weighted by molar-refractivity contribution is 7.20. The molecule has 0 fully saturated rings. The standard InChI is InChI=1S/C13H10Cl2FNOS/c14-11-7-9(12(15)19-11)13(18)17-6-5-8-3-1-2-4-10(8)16/h1-4,7H,5-6H2,(H,17,18). The number of nitrogens with one attached hydrogen (secondary N) is 1. The van der Waals surface area contributed by atoms with Crippen LogP contribution in [0.2, 0.25) is 8.67 Å². The molecule has 1 heterocycles. The average Bonchev–Trinajstić information content (AvgIpc) is 2.71. The molecule has 1 aromatic carbocycles. The van der Waals surface area contributed by atoms with Gasteiger partial charge >= 0.3 is 0 Å². The van der Waals surface area contributed by atoms with Gasteiger partial charge in [-0.15, -0.1) is 11.3 Å². The third-order valence-corrected chi connectivity index (χ3v) is 4.03. The second-order valence-corrected chi connectivity index (χ2v) is 6.12. The molecule has 0 radical (unpaired) electrons. The molecular formula is C13H10Cl2FNOS. The average molecular weight is 318 g/mol. The summed E-state index contributed by atoms with van der Waals surface area (Å²) in [5.74, 6) is -0.571. The number of rotatable bonds is 4. The van der Waals surface area contributed by atoms with Crippen molar-refractivity contribution in [2.24, 2.45) is 0 Å². The monoisotopic (exact) mass is 317 g/mol. The van der Waals surface area contributed by atoms with E-state index >= 15 is 0 Å². The zero-order valence-corrected chi connectivity index (χ0v) is 12.1. The topological polar surface area (TPSA) is 29.1 Å².